The normalized spacial score (nSPS) is 12.0. The van der Waals surface area contributed by atoms with Crippen molar-refractivity contribution in [3.63, 3.8) is 0 Å². The smallest absolute Gasteiger partial charge is 0.179 e. The molecule has 101 heavy (non-hydrogen) atoms. The fourth-order valence-electron chi connectivity index (χ4n) is 16.7. The van der Waals surface area contributed by atoms with Crippen LogP contribution < -0.4 is 62.2 Å². The maximum Gasteiger partial charge on any atom is 0.179 e. The van der Waals surface area contributed by atoms with Crippen LogP contribution in [0.3, 0.4) is 0 Å². The van der Waals surface area contributed by atoms with Gasteiger partial charge in [0, 0.05) is 44.4 Å². The van der Waals surface area contributed by atoms with E-state index in [1.54, 1.807) is 0 Å². The van der Waals surface area contributed by atoms with E-state index in [0.717, 1.165) is 71.9 Å². The highest BCUT2D eigenvalue weighted by molar-refractivity contribution is 7.21. The molecule has 18 rings (SSSR count). The molecular formula is C94H68N4Si3. The number of rotatable bonds is 16. The minimum atomic E-state index is -2.91. The molecule has 476 valence electrons. The standard InChI is InChI=1S/C94H68N4Si3/c1-10-34-72(35-11-1)99(73-36-12-2-13-37-73,74-38-14-3-15-39-74)81-61-57-69(58-62-81)87-68-91(96-94(95-87)70-59-63-82(64-60-70)100(75-40-16-4-17-41-75,76-42-18-5-19-43-76)77-44-20-6-21-45-77)98-88-55-30-28-53-84(88)85-65-66-90-92(93(85)98)86-54-29-31-56-89(86)97(90)71-33-32-52-83(67-71)101(78-46-22-7-23-47-78,79-48-24-8-25-49-79)80-50-26-9-27-51-80/h1-68H. The van der Waals surface area contributed by atoms with E-state index in [9.17, 15) is 0 Å². The molecule has 0 atom stereocenters. The molecule has 4 nitrogen and oxygen atoms in total. The fraction of sp³-hybridized carbons (Fsp3) is 0. The lowest BCUT2D eigenvalue weighted by atomic mass is 10.1. The largest absolute Gasteiger partial charge is 0.309 e. The lowest BCUT2D eigenvalue weighted by Crippen LogP contribution is -2.74. The summed E-state index contributed by atoms with van der Waals surface area (Å²) in [6, 6.07) is 153. The van der Waals surface area contributed by atoms with Gasteiger partial charge in [-0.15, -0.1) is 0 Å². The van der Waals surface area contributed by atoms with Gasteiger partial charge >= 0.3 is 0 Å². The number of hydrogen-bond acceptors (Lipinski definition) is 2. The Bertz CT molecular complexity index is 5480. The summed E-state index contributed by atoms with van der Waals surface area (Å²) < 4.78 is 4.94. The molecule has 0 spiro atoms. The molecule has 0 aliphatic carbocycles. The van der Waals surface area contributed by atoms with Crippen LogP contribution in [-0.2, 0) is 0 Å². The van der Waals surface area contributed by atoms with Crippen molar-refractivity contribution in [3.8, 4) is 34.2 Å². The summed E-state index contributed by atoms with van der Waals surface area (Å²) in [6.45, 7) is 0. The van der Waals surface area contributed by atoms with Crippen molar-refractivity contribution in [3.05, 3.63) is 413 Å². The molecule has 3 heterocycles. The van der Waals surface area contributed by atoms with Crippen LogP contribution in [0.5, 0.6) is 0 Å². The Morgan fingerprint density at radius 1 is 0.208 bits per heavy atom. The summed E-state index contributed by atoms with van der Waals surface area (Å²) >= 11 is 0. The highest BCUT2D eigenvalue weighted by Crippen LogP contribution is 2.42. The first-order valence-electron chi connectivity index (χ1n) is 34.8. The Labute approximate surface area is 591 Å². The SMILES string of the molecule is c1ccc([Si](c2ccccc2)(c2ccccc2)c2ccc(-c3cc(-n4c5ccccc5c5ccc6c(c7ccccc7n6-c6cccc([Si](c7ccccc7)(c7ccccc7)c7ccccc7)c6)c54)nc(-c4ccc([Si](c5ccccc5)(c5ccccc5)c5ccccc5)cc4)n3)cc2)cc1. The molecule has 0 saturated carbocycles. The molecule has 0 unspecified atom stereocenters. The van der Waals surface area contributed by atoms with Gasteiger partial charge in [0.25, 0.3) is 0 Å². The zero-order chi connectivity index (χ0) is 67.2. The van der Waals surface area contributed by atoms with Gasteiger partial charge in [-0.3, -0.25) is 4.57 Å². The second-order valence-electron chi connectivity index (χ2n) is 26.2. The van der Waals surface area contributed by atoms with Gasteiger partial charge in [-0.1, -0.05) is 376 Å². The van der Waals surface area contributed by atoms with E-state index in [-0.39, 0.29) is 0 Å². The number of para-hydroxylation sites is 2. The second-order valence-corrected chi connectivity index (χ2v) is 37.7. The quantitative estimate of drug-likeness (QED) is 0.0714. The summed E-state index contributed by atoms with van der Waals surface area (Å²) in [7, 11) is -8.65. The van der Waals surface area contributed by atoms with Crippen molar-refractivity contribution < 1.29 is 0 Å². The predicted octanol–water partition coefficient (Wildman–Crippen LogP) is 14.1. The molecule has 3 aromatic heterocycles. The topological polar surface area (TPSA) is 35.6 Å². The van der Waals surface area contributed by atoms with E-state index < -0.39 is 24.2 Å². The highest BCUT2D eigenvalue weighted by Gasteiger charge is 2.44. The van der Waals surface area contributed by atoms with Crippen molar-refractivity contribution in [2.45, 2.75) is 0 Å². The third kappa shape index (κ3) is 10.1. The van der Waals surface area contributed by atoms with Gasteiger partial charge in [0.05, 0.1) is 27.8 Å². The molecule has 0 N–H and O–H groups in total. The van der Waals surface area contributed by atoms with Gasteiger partial charge in [-0.2, -0.15) is 0 Å². The van der Waals surface area contributed by atoms with E-state index >= 15 is 0 Å². The maximum atomic E-state index is 5.86. The number of benzene rings is 15. The van der Waals surface area contributed by atoms with Crippen LogP contribution in [-0.4, -0.2) is 43.3 Å². The lowest BCUT2D eigenvalue weighted by molar-refractivity contribution is 1.05. The molecule has 0 saturated heterocycles. The van der Waals surface area contributed by atoms with Crippen LogP contribution >= 0.6 is 0 Å². The van der Waals surface area contributed by atoms with Crippen LogP contribution in [0.4, 0.5) is 0 Å². The average molecular weight is 1340 g/mol. The Balaban J connectivity index is 0.875. The van der Waals surface area contributed by atoms with Crippen LogP contribution in [0.2, 0.25) is 0 Å². The monoisotopic (exact) mass is 1340 g/mol. The number of fused-ring (bicyclic) bond motifs is 7. The van der Waals surface area contributed by atoms with Crippen LogP contribution in [0, 0.1) is 0 Å². The van der Waals surface area contributed by atoms with Crippen LogP contribution in [0.1, 0.15) is 0 Å². The minimum Gasteiger partial charge on any atom is -0.309 e. The third-order valence-electron chi connectivity index (χ3n) is 21.0. The molecule has 0 bridgehead atoms. The van der Waals surface area contributed by atoms with E-state index in [1.807, 2.05) is 0 Å². The number of aromatic nitrogens is 4. The Hall–Kier alpha value is -12.4. The predicted molar refractivity (Wildman–Crippen MR) is 432 cm³/mol. The number of nitrogens with zero attached hydrogens (tertiary/aromatic N) is 4. The van der Waals surface area contributed by atoms with Gasteiger partial charge in [0.2, 0.25) is 0 Å². The Morgan fingerprint density at radius 2 is 0.535 bits per heavy atom. The molecule has 0 fully saturated rings. The molecule has 7 heteroatoms. The van der Waals surface area contributed by atoms with Gasteiger partial charge in [0.1, 0.15) is 5.82 Å². The van der Waals surface area contributed by atoms with Gasteiger partial charge in [0.15, 0.2) is 30.0 Å². The Morgan fingerprint density at radius 3 is 0.941 bits per heavy atom. The van der Waals surface area contributed by atoms with E-state index in [4.69, 9.17) is 9.97 Å². The van der Waals surface area contributed by atoms with Crippen LogP contribution in [0.25, 0.3) is 77.8 Å². The average Bonchev–Trinajstić information content (AvgIpc) is 1.50. The Kier molecular flexibility index (Phi) is 15.6. The zero-order valence-electron chi connectivity index (χ0n) is 55.5. The van der Waals surface area contributed by atoms with Gasteiger partial charge < -0.3 is 4.57 Å². The first-order valence-corrected chi connectivity index (χ1v) is 40.8. The third-order valence-corrected chi connectivity index (χ3v) is 35.4. The lowest BCUT2D eigenvalue weighted by Gasteiger charge is -2.34. The molecular weight excluding hydrogens is 1270 g/mol. The summed E-state index contributed by atoms with van der Waals surface area (Å²) in [5, 5.41) is 20.4. The van der Waals surface area contributed by atoms with E-state index in [0.29, 0.717) is 5.82 Å². The van der Waals surface area contributed by atoms with Crippen molar-refractivity contribution in [1.29, 1.82) is 0 Å². The molecule has 0 amide bonds. The van der Waals surface area contributed by atoms with Crippen molar-refractivity contribution >= 4 is 130 Å². The molecule has 0 radical (unpaired) electrons. The molecule has 18 aromatic rings. The summed E-state index contributed by atoms with van der Waals surface area (Å²) in [5.41, 5.74) is 8.25. The van der Waals surface area contributed by atoms with Crippen LogP contribution in [0.15, 0.2) is 413 Å². The molecule has 0 aliphatic rings. The van der Waals surface area contributed by atoms with Gasteiger partial charge in [-0.05, 0) is 92.6 Å². The van der Waals surface area contributed by atoms with E-state index in [1.165, 1.54) is 62.2 Å². The summed E-state index contributed by atoms with van der Waals surface area (Å²) in [5.74, 6) is 1.42. The zero-order valence-corrected chi connectivity index (χ0v) is 58.5. The van der Waals surface area contributed by atoms with E-state index in [2.05, 4.69) is 422 Å². The molecule has 0 aliphatic heterocycles. The van der Waals surface area contributed by atoms with Crippen molar-refractivity contribution in [1.82, 2.24) is 19.1 Å². The summed E-state index contributed by atoms with van der Waals surface area (Å²) in [6.07, 6.45) is 0. The second kappa shape index (κ2) is 25.8. The molecule has 15 aromatic carbocycles. The fourth-order valence-corrected chi connectivity index (χ4v) is 31.0. The van der Waals surface area contributed by atoms with Crippen molar-refractivity contribution in [2.24, 2.45) is 0 Å². The highest BCUT2D eigenvalue weighted by atomic mass is 28.3. The number of hydrogen-bond donors (Lipinski definition) is 0. The minimum absolute atomic E-state index is 0.640. The van der Waals surface area contributed by atoms with Crippen molar-refractivity contribution in [2.75, 3.05) is 0 Å². The first kappa shape index (κ1) is 61.0. The summed E-state index contributed by atoms with van der Waals surface area (Å²) in [4.78, 5) is 11.6. The first-order chi connectivity index (χ1) is 50.1. The van der Waals surface area contributed by atoms with Gasteiger partial charge in [-0.25, -0.2) is 9.97 Å². The maximum absolute atomic E-state index is 5.86.